The third-order valence-corrected chi connectivity index (χ3v) is 7.82. The lowest BCUT2D eigenvalue weighted by Gasteiger charge is -2.20. The maximum absolute atomic E-state index is 12.8. The number of carbonyl (C=O) groups is 1. The fourth-order valence-electron chi connectivity index (χ4n) is 3.45. The summed E-state index contributed by atoms with van der Waals surface area (Å²) in [6.45, 7) is 1.83. The molecule has 5 nitrogen and oxygen atoms in total. The highest BCUT2D eigenvalue weighted by Gasteiger charge is 2.24. The van der Waals surface area contributed by atoms with Crippen molar-refractivity contribution in [3.8, 4) is 0 Å². The molecule has 28 heavy (non-hydrogen) atoms. The second-order valence-corrected chi connectivity index (χ2v) is 10.1. The van der Waals surface area contributed by atoms with Gasteiger partial charge in [-0.1, -0.05) is 25.0 Å². The monoisotopic (exact) mass is 420 g/mol. The Bertz CT molecular complexity index is 854. The van der Waals surface area contributed by atoms with Crippen LogP contribution in [0, 0.1) is 0 Å². The third kappa shape index (κ3) is 5.43. The Labute approximate surface area is 172 Å². The zero-order valence-electron chi connectivity index (χ0n) is 16.3. The lowest BCUT2D eigenvalue weighted by atomic mass is 10.1. The van der Waals surface area contributed by atoms with Crippen LogP contribution in [-0.2, 0) is 27.8 Å². The number of sulfonamides is 1. The molecule has 1 fully saturated rings. The summed E-state index contributed by atoms with van der Waals surface area (Å²) in [5, 5.41) is 4.06. The van der Waals surface area contributed by atoms with Gasteiger partial charge in [0, 0.05) is 33.1 Å². The summed E-state index contributed by atoms with van der Waals surface area (Å²) < 4.78 is 27.3. The highest BCUT2D eigenvalue weighted by atomic mass is 32.2. The molecule has 1 aromatic carbocycles. The highest BCUT2D eigenvalue weighted by molar-refractivity contribution is 7.89. The number of hydrogen-bond acceptors (Lipinski definition) is 4. The molecule has 0 bridgehead atoms. The Kier molecular flexibility index (Phi) is 7.26. The number of amides is 1. The Balaban J connectivity index is 1.55. The van der Waals surface area contributed by atoms with E-state index in [1.807, 2.05) is 36.0 Å². The van der Waals surface area contributed by atoms with Crippen LogP contribution in [0.5, 0.6) is 0 Å². The summed E-state index contributed by atoms with van der Waals surface area (Å²) in [5.41, 5.74) is 2.12. The first-order chi connectivity index (χ1) is 13.5. The SMILES string of the molecule is CN(Cc1ccsc1)C(=O)CCc1ccc(S(=O)(=O)N2CCCCCC2)cc1. The minimum absolute atomic E-state index is 0.0902. The molecule has 2 aromatic rings. The van der Waals surface area contributed by atoms with Crippen LogP contribution in [-0.4, -0.2) is 43.7 Å². The van der Waals surface area contributed by atoms with Gasteiger partial charge in [0.15, 0.2) is 0 Å². The van der Waals surface area contributed by atoms with E-state index in [0.717, 1.165) is 36.8 Å². The molecule has 152 valence electrons. The van der Waals surface area contributed by atoms with Crippen LogP contribution in [0.2, 0.25) is 0 Å². The zero-order valence-corrected chi connectivity index (χ0v) is 18.0. The van der Waals surface area contributed by atoms with Crippen LogP contribution < -0.4 is 0 Å². The normalized spacial score (nSPS) is 15.9. The average Bonchev–Trinajstić information content (AvgIpc) is 3.04. The van der Waals surface area contributed by atoms with Crippen LogP contribution in [0.15, 0.2) is 46.0 Å². The molecule has 0 unspecified atom stereocenters. The summed E-state index contributed by atoms with van der Waals surface area (Å²) in [6.07, 6.45) is 5.08. The number of rotatable bonds is 7. The van der Waals surface area contributed by atoms with Crippen LogP contribution >= 0.6 is 11.3 Å². The molecule has 0 saturated carbocycles. The van der Waals surface area contributed by atoms with Gasteiger partial charge in [0.25, 0.3) is 0 Å². The number of benzene rings is 1. The fourth-order valence-corrected chi connectivity index (χ4v) is 5.62. The van der Waals surface area contributed by atoms with Crippen molar-refractivity contribution in [1.82, 2.24) is 9.21 Å². The number of nitrogens with zero attached hydrogens (tertiary/aromatic N) is 2. The molecule has 0 aliphatic carbocycles. The van der Waals surface area contributed by atoms with E-state index in [9.17, 15) is 13.2 Å². The van der Waals surface area contributed by atoms with Gasteiger partial charge in [-0.3, -0.25) is 4.79 Å². The minimum atomic E-state index is -3.42. The maximum atomic E-state index is 12.8. The Morgan fingerprint density at radius 3 is 2.32 bits per heavy atom. The summed E-state index contributed by atoms with van der Waals surface area (Å²) in [4.78, 5) is 14.4. The predicted molar refractivity (Wildman–Crippen MR) is 113 cm³/mol. The molecule has 1 saturated heterocycles. The van der Waals surface area contributed by atoms with Crippen LogP contribution in [0.3, 0.4) is 0 Å². The van der Waals surface area contributed by atoms with Gasteiger partial charge in [-0.25, -0.2) is 8.42 Å². The topological polar surface area (TPSA) is 57.7 Å². The van der Waals surface area contributed by atoms with Gasteiger partial charge in [0.05, 0.1) is 4.90 Å². The van der Waals surface area contributed by atoms with Crippen LogP contribution in [0.4, 0.5) is 0 Å². The van der Waals surface area contributed by atoms with Crippen molar-refractivity contribution in [1.29, 1.82) is 0 Å². The van der Waals surface area contributed by atoms with Crippen molar-refractivity contribution >= 4 is 27.3 Å². The lowest BCUT2D eigenvalue weighted by molar-refractivity contribution is -0.130. The standard InChI is InChI=1S/C21H28N2O3S2/c1-22(16-19-12-15-27-17-19)21(24)11-8-18-6-9-20(10-7-18)28(25,26)23-13-4-2-3-5-14-23/h6-7,9-10,12,15,17H,2-5,8,11,13-14,16H2,1H3. The number of carbonyl (C=O) groups excluding carboxylic acids is 1. The first-order valence-corrected chi connectivity index (χ1v) is 12.2. The molecule has 0 N–H and O–H groups in total. The van der Waals surface area contributed by atoms with Crippen molar-refractivity contribution in [2.45, 2.75) is 50.0 Å². The molecule has 2 heterocycles. The molecule has 0 radical (unpaired) electrons. The van der Waals surface area contributed by atoms with Gasteiger partial charge < -0.3 is 4.90 Å². The third-order valence-electron chi connectivity index (χ3n) is 5.18. The van der Waals surface area contributed by atoms with Crippen molar-refractivity contribution < 1.29 is 13.2 Å². The Hall–Kier alpha value is -1.70. The van der Waals surface area contributed by atoms with E-state index in [2.05, 4.69) is 0 Å². The van der Waals surface area contributed by atoms with E-state index in [4.69, 9.17) is 0 Å². The fraction of sp³-hybridized carbons (Fsp3) is 0.476. The van der Waals surface area contributed by atoms with E-state index >= 15 is 0 Å². The average molecular weight is 421 g/mol. The number of aryl methyl sites for hydroxylation is 1. The summed E-state index contributed by atoms with van der Waals surface area (Å²) in [7, 11) is -1.60. The van der Waals surface area contributed by atoms with Crippen molar-refractivity contribution in [2.75, 3.05) is 20.1 Å². The molecule has 1 aromatic heterocycles. The smallest absolute Gasteiger partial charge is 0.243 e. The maximum Gasteiger partial charge on any atom is 0.243 e. The van der Waals surface area contributed by atoms with Crippen LogP contribution in [0.25, 0.3) is 0 Å². The molecule has 1 aliphatic heterocycles. The van der Waals surface area contributed by atoms with Gasteiger partial charge >= 0.3 is 0 Å². The van der Waals surface area contributed by atoms with Gasteiger partial charge in [-0.15, -0.1) is 0 Å². The lowest BCUT2D eigenvalue weighted by Crippen LogP contribution is -2.31. The van der Waals surface area contributed by atoms with E-state index < -0.39 is 10.0 Å². The second kappa shape index (κ2) is 9.67. The molecule has 1 aliphatic rings. The van der Waals surface area contributed by atoms with Crippen molar-refractivity contribution in [3.63, 3.8) is 0 Å². The quantitative estimate of drug-likeness (QED) is 0.682. The van der Waals surface area contributed by atoms with E-state index in [1.165, 1.54) is 0 Å². The van der Waals surface area contributed by atoms with Gasteiger partial charge in [0.1, 0.15) is 0 Å². The molecule has 1 amide bonds. The molecule has 0 atom stereocenters. The molecular weight excluding hydrogens is 392 g/mol. The van der Waals surface area contributed by atoms with E-state index in [-0.39, 0.29) is 5.91 Å². The van der Waals surface area contributed by atoms with E-state index in [0.29, 0.717) is 37.4 Å². The summed E-state index contributed by atoms with van der Waals surface area (Å²) in [5.74, 6) is 0.0902. The van der Waals surface area contributed by atoms with Crippen LogP contribution in [0.1, 0.15) is 43.2 Å². The molecule has 7 heteroatoms. The molecule has 0 spiro atoms. The minimum Gasteiger partial charge on any atom is -0.341 e. The first kappa shape index (κ1) is 21.0. The largest absolute Gasteiger partial charge is 0.341 e. The zero-order chi connectivity index (χ0) is 20.0. The second-order valence-electron chi connectivity index (χ2n) is 7.34. The van der Waals surface area contributed by atoms with Gasteiger partial charge in [-0.2, -0.15) is 15.6 Å². The van der Waals surface area contributed by atoms with Crippen molar-refractivity contribution in [2.24, 2.45) is 0 Å². The van der Waals surface area contributed by atoms with E-state index in [1.54, 1.807) is 32.7 Å². The molecular formula is C21H28N2O3S2. The Morgan fingerprint density at radius 2 is 1.71 bits per heavy atom. The highest BCUT2D eigenvalue weighted by Crippen LogP contribution is 2.21. The first-order valence-electron chi connectivity index (χ1n) is 9.81. The predicted octanol–water partition coefficient (Wildman–Crippen LogP) is 3.90. The van der Waals surface area contributed by atoms with Gasteiger partial charge in [-0.05, 0) is 59.3 Å². The summed E-state index contributed by atoms with van der Waals surface area (Å²) >= 11 is 1.63. The van der Waals surface area contributed by atoms with Gasteiger partial charge in [0.2, 0.25) is 15.9 Å². The van der Waals surface area contributed by atoms with Crippen molar-refractivity contribution in [3.05, 3.63) is 52.2 Å². The number of hydrogen-bond donors (Lipinski definition) is 0. The summed E-state index contributed by atoms with van der Waals surface area (Å²) in [6, 6.07) is 9.04. The molecule has 3 rings (SSSR count). The Morgan fingerprint density at radius 1 is 1.04 bits per heavy atom. The number of thiophene rings is 1.